The molecule has 5 nitrogen and oxygen atoms in total. The van der Waals surface area contributed by atoms with E-state index < -0.39 is 0 Å². The molecule has 0 aliphatic heterocycles. The van der Waals surface area contributed by atoms with Gasteiger partial charge in [-0.25, -0.2) is 15.0 Å². The first-order valence-corrected chi connectivity index (χ1v) is 15.3. The van der Waals surface area contributed by atoms with E-state index in [9.17, 15) is 0 Å². The van der Waals surface area contributed by atoms with Crippen LogP contribution in [0, 0.1) is 0 Å². The predicted octanol–water partition coefficient (Wildman–Crippen LogP) is 11.0. The van der Waals surface area contributed by atoms with Gasteiger partial charge in [-0.3, -0.25) is 0 Å². The average Bonchev–Trinajstić information content (AvgIpc) is 3.70. The zero-order valence-corrected chi connectivity index (χ0v) is 24.4. The average molecular weight is 590 g/mol. The van der Waals surface area contributed by atoms with Crippen molar-refractivity contribution in [3.8, 4) is 34.2 Å². The highest BCUT2D eigenvalue weighted by molar-refractivity contribution is 6.26. The van der Waals surface area contributed by atoms with E-state index in [0.29, 0.717) is 17.5 Å². The first-order chi connectivity index (χ1) is 22.8. The topological polar surface area (TPSA) is 65.0 Å². The Morgan fingerprint density at radius 2 is 0.957 bits per heavy atom. The number of para-hydroxylation sites is 2. The number of fused-ring (bicyclic) bond motifs is 10. The van der Waals surface area contributed by atoms with Crippen LogP contribution >= 0.6 is 0 Å². The van der Waals surface area contributed by atoms with Gasteiger partial charge in [0.15, 0.2) is 17.5 Å². The third-order valence-corrected chi connectivity index (χ3v) is 8.91. The fourth-order valence-corrected chi connectivity index (χ4v) is 6.81. The SMILES string of the molecule is c1ccc(-c2nc(-c3ccc4c(ccc5ccc6oc7ccccc7c6c54)c3)nc(-c3cccc4oc5ccccc5c34)n2)cc1. The van der Waals surface area contributed by atoms with Crippen LogP contribution < -0.4 is 0 Å². The van der Waals surface area contributed by atoms with Crippen molar-refractivity contribution < 1.29 is 8.83 Å². The molecule has 3 heterocycles. The second-order valence-electron chi connectivity index (χ2n) is 11.6. The van der Waals surface area contributed by atoms with E-state index in [0.717, 1.165) is 71.3 Å². The molecule has 0 aliphatic rings. The first-order valence-electron chi connectivity index (χ1n) is 15.3. The van der Waals surface area contributed by atoms with E-state index in [1.54, 1.807) is 0 Å². The Hall–Kier alpha value is -6.33. The van der Waals surface area contributed by atoms with Crippen LogP contribution in [0.5, 0.6) is 0 Å². The van der Waals surface area contributed by atoms with Crippen LogP contribution in [0.2, 0.25) is 0 Å². The minimum Gasteiger partial charge on any atom is -0.456 e. The Kier molecular flexibility index (Phi) is 5.22. The largest absolute Gasteiger partial charge is 0.456 e. The van der Waals surface area contributed by atoms with Crippen molar-refractivity contribution in [2.45, 2.75) is 0 Å². The summed E-state index contributed by atoms with van der Waals surface area (Å²) >= 11 is 0. The third-order valence-electron chi connectivity index (χ3n) is 8.91. The number of aromatic nitrogens is 3. The predicted molar refractivity (Wildman–Crippen MR) is 186 cm³/mol. The Morgan fingerprint density at radius 1 is 0.348 bits per heavy atom. The van der Waals surface area contributed by atoms with Crippen molar-refractivity contribution >= 4 is 65.4 Å². The summed E-state index contributed by atoms with van der Waals surface area (Å²) in [7, 11) is 0. The molecule has 0 saturated carbocycles. The van der Waals surface area contributed by atoms with Gasteiger partial charge in [-0.15, -0.1) is 0 Å². The lowest BCUT2D eigenvalue weighted by molar-refractivity contribution is 0.668. The van der Waals surface area contributed by atoms with E-state index in [-0.39, 0.29) is 0 Å². The molecule has 0 N–H and O–H groups in total. The minimum atomic E-state index is 0.603. The van der Waals surface area contributed by atoms with Crippen molar-refractivity contribution in [3.05, 3.63) is 140 Å². The van der Waals surface area contributed by atoms with Gasteiger partial charge in [0.1, 0.15) is 22.3 Å². The van der Waals surface area contributed by atoms with Gasteiger partial charge in [0.25, 0.3) is 0 Å². The van der Waals surface area contributed by atoms with E-state index in [2.05, 4.69) is 66.7 Å². The molecule has 5 heteroatoms. The fraction of sp³-hybridized carbons (Fsp3) is 0. The number of nitrogens with zero attached hydrogens (tertiary/aromatic N) is 3. The van der Waals surface area contributed by atoms with Gasteiger partial charge in [-0.2, -0.15) is 0 Å². The monoisotopic (exact) mass is 589 g/mol. The summed E-state index contributed by atoms with van der Waals surface area (Å²) in [4.78, 5) is 15.2. The second-order valence-corrected chi connectivity index (χ2v) is 11.6. The molecular weight excluding hydrogens is 566 g/mol. The standard InChI is InChI=1S/C41H23N3O2/c1-2-9-25(10-3-1)39-42-40(44-41(43-39)31-13-8-16-34-37(31)29-11-4-6-14-32(29)45-34)27-19-21-28-26(23-27)18-17-24-20-22-35-38(36(24)28)30-12-5-7-15-33(30)46-35/h1-23H. The molecule has 7 aromatic carbocycles. The van der Waals surface area contributed by atoms with E-state index in [1.165, 1.54) is 10.8 Å². The van der Waals surface area contributed by atoms with Crippen LogP contribution in [-0.4, -0.2) is 15.0 Å². The number of hydrogen-bond acceptors (Lipinski definition) is 5. The molecule has 0 unspecified atom stereocenters. The molecule has 3 aromatic heterocycles. The molecule has 46 heavy (non-hydrogen) atoms. The molecule has 10 aromatic rings. The normalized spacial score (nSPS) is 11.9. The number of rotatable bonds is 3. The highest BCUT2D eigenvalue weighted by Gasteiger charge is 2.18. The second kappa shape index (κ2) is 9.58. The fourth-order valence-electron chi connectivity index (χ4n) is 6.81. The summed E-state index contributed by atoms with van der Waals surface area (Å²) in [5.41, 5.74) is 6.18. The van der Waals surface area contributed by atoms with Gasteiger partial charge < -0.3 is 8.83 Å². The van der Waals surface area contributed by atoms with Gasteiger partial charge in [0, 0.05) is 43.6 Å². The number of hydrogen-bond donors (Lipinski definition) is 0. The zero-order valence-electron chi connectivity index (χ0n) is 24.4. The van der Waals surface area contributed by atoms with Gasteiger partial charge in [-0.05, 0) is 46.5 Å². The summed E-state index contributed by atoms with van der Waals surface area (Å²) in [5.74, 6) is 1.84. The lowest BCUT2D eigenvalue weighted by Crippen LogP contribution is -2.00. The van der Waals surface area contributed by atoms with Gasteiger partial charge in [0.05, 0.1) is 0 Å². The molecular formula is C41H23N3O2. The number of furan rings is 2. The molecule has 0 spiro atoms. The van der Waals surface area contributed by atoms with Crippen LogP contribution in [0.15, 0.2) is 148 Å². The Labute approximate surface area is 262 Å². The minimum absolute atomic E-state index is 0.603. The Balaban J connectivity index is 1.22. The summed E-state index contributed by atoms with van der Waals surface area (Å²) in [5, 5.41) is 8.91. The first kappa shape index (κ1) is 25.0. The van der Waals surface area contributed by atoms with E-state index >= 15 is 0 Å². The quantitative estimate of drug-likeness (QED) is 0.192. The Bertz CT molecular complexity index is 2810. The summed E-state index contributed by atoms with van der Waals surface area (Å²) in [6, 6.07) is 47.5. The number of benzene rings is 7. The lowest BCUT2D eigenvalue weighted by atomic mass is 9.96. The van der Waals surface area contributed by atoms with Crippen molar-refractivity contribution in [3.63, 3.8) is 0 Å². The molecule has 0 fully saturated rings. The van der Waals surface area contributed by atoms with Crippen LogP contribution in [0.1, 0.15) is 0 Å². The lowest BCUT2D eigenvalue weighted by Gasteiger charge is -2.11. The van der Waals surface area contributed by atoms with Crippen molar-refractivity contribution in [1.29, 1.82) is 0 Å². The van der Waals surface area contributed by atoms with Gasteiger partial charge >= 0.3 is 0 Å². The maximum absolute atomic E-state index is 6.23. The molecule has 0 amide bonds. The van der Waals surface area contributed by atoms with Crippen LogP contribution in [-0.2, 0) is 0 Å². The molecule has 0 radical (unpaired) electrons. The third kappa shape index (κ3) is 3.72. The highest BCUT2D eigenvalue weighted by atomic mass is 16.3. The molecule has 10 rings (SSSR count). The summed E-state index contributed by atoms with van der Waals surface area (Å²) in [6.07, 6.45) is 0. The highest BCUT2D eigenvalue weighted by Crippen LogP contribution is 2.40. The van der Waals surface area contributed by atoms with E-state index in [4.69, 9.17) is 23.8 Å². The molecule has 0 bridgehead atoms. The van der Waals surface area contributed by atoms with E-state index in [1.807, 2.05) is 72.8 Å². The van der Waals surface area contributed by atoms with Crippen molar-refractivity contribution in [1.82, 2.24) is 15.0 Å². The molecule has 0 aliphatic carbocycles. The van der Waals surface area contributed by atoms with Gasteiger partial charge in [-0.1, -0.05) is 109 Å². The summed E-state index contributed by atoms with van der Waals surface area (Å²) in [6.45, 7) is 0. The van der Waals surface area contributed by atoms with Crippen LogP contribution in [0.25, 0.3) is 99.6 Å². The summed E-state index contributed by atoms with van der Waals surface area (Å²) < 4.78 is 12.4. The van der Waals surface area contributed by atoms with Crippen molar-refractivity contribution in [2.24, 2.45) is 0 Å². The molecule has 0 saturated heterocycles. The zero-order chi connectivity index (χ0) is 30.2. The van der Waals surface area contributed by atoms with Gasteiger partial charge in [0.2, 0.25) is 0 Å². The van der Waals surface area contributed by atoms with Crippen LogP contribution in [0.3, 0.4) is 0 Å². The van der Waals surface area contributed by atoms with Crippen LogP contribution in [0.4, 0.5) is 0 Å². The smallest absolute Gasteiger partial charge is 0.164 e. The Morgan fingerprint density at radius 3 is 1.76 bits per heavy atom. The molecule has 0 atom stereocenters. The van der Waals surface area contributed by atoms with Crippen molar-refractivity contribution in [2.75, 3.05) is 0 Å². The molecule has 214 valence electrons. The maximum Gasteiger partial charge on any atom is 0.164 e. The maximum atomic E-state index is 6.23.